The number of esters is 1. The fourth-order valence-electron chi connectivity index (χ4n) is 1.19. The average molecular weight is 228 g/mol. The Morgan fingerprint density at radius 1 is 1.73 bits per heavy atom. The first-order valence-electron chi connectivity index (χ1n) is 4.93. The van der Waals surface area contributed by atoms with Crippen LogP contribution >= 0.6 is 11.3 Å². The van der Waals surface area contributed by atoms with Crippen LogP contribution in [0.5, 0.6) is 0 Å². The summed E-state index contributed by atoms with van der Waals surface area (Å²) in [5.41, 5.74) is 0. The fraction of sp³-hybridized carbons (Fsp3) is 0.600. The standard InChI is InChI=1S/C10H16N2O2S/c1-8(10-12-6-7-15-10)11-5-3-4-9(13)14-2/h6-8,11H,3-5H2,1-2H3. The minimum Gasteiger partial charge on any atom is -0.469 e. The summed E-state index contributed by atoms with van der Waals surface area (Å²) in [6, 6.07) is 0.252. The van der Waals surface area contributed by atoms with Crippen molar-refractivity contribution in [2.75, 3.05) is 13.7 Å². The molecule has 0 aliphatic carbocycles. The predicted molar refractivity (Wildman–Crippen MR) is 59.8 cm³/mol. The van der Waals surface area contributed by atoms with E-state index in [1.54, 1.807) is 17.5 Å². The third kappa shape index (κ3) is 4.40. The molecular weight excluding hydrogens is 212 g/mol. The number of carbonyl (C=O) groups excluding carboxylic acids is 1. The Hall–Kier alpha value is -0.940. The molecule has 1 aromatic heterocycles. The van der Waals surface area contributed by atoms with E-state index in [-0.39, 0.29) is 12.0 Å². The van der Waals surface area contributed by atoms with Crippen molar-refractivity contribution in [3.05, 3.63) is 16.6 Å². The number of methoxy groups -OCH3 is 1. The SMILES string of the molecule is COC(=O)CCCNC(C)c1nccs1. The molecule has 1 rings (SSSR count). The average Bonchev–Trinajstić information content (AvgIpc) is 2.77. The molecule has 1 unspecified atom stereocenters. The zero-order chi connectivity index (χ0) is 11.1. The van der Waals surface area contributed by atoms with E-state index in [4.69, 9.17) is 0 Å². The zero-order valence-corrected chi connectivity index (χ0v) is 9.84. The second kappa shape index (κ2) is 6.53. The minimum atomic E-state index is -0.154. The number of thiazole rings is 1. The van der Waals surface area contributed by atoms with Crippen molar-refractivity contribution in [1.82, 2.24) is 10.3 Å². The summed E-state index contributed by atoms with van der Waals surface area (Å²) in [7, 11) is 1.41. The maximum Gasteiger partial charge on any atom is 0.305 e. The van der Waals surface area contributed by atoms with Gasteiger partial charge in [-0.3, -0.25) is 4.79 Å². The Labute approximate surface area is 93.7 Å². The van der Waals surface area contributed by atoms with Gasteiger partial charge in [0.25, 0.3) is 0 Å². The minimum absolute atomic E-state index is 0.154. The van der Waals surface area contributed by atoms with Crippen LogP contribution in [0.4, 0.5) is 0 Å². The van der Waals surface area contributed by atoms with Crippen LogP contribution in [0.25, 0.3) is 0 Å². The summed E-state index contributed by atoms with van der Waals surface area (Å²) < 4.78 is 4.55. The van der Waals surface area contributed by atoms with E-state index in [1.165, 1.54) is 7.11 Å². The highest BCUT2D eigenvalue weighted by molar-refractivity contribution is 7.09. The van der Waals surface area contributed by atoms with Crippen LogP contribution in [-0.2, 0) is 9.53 Å². The van der Waals surface area contributed by atoms with Crippen LogP contribution in [0.3, 0.4) is 0 Å². The number of aromatic nitrogens is 1. The molecule has 1 atom stereocenters. The first-order valence-corrected chi connectivity index (χ1v) is 5.81. The largest absolute Gasteiger partial charge is 0.469 e. The number of nitrogens with zero attached hydrogens (tertiary/aromatic N) is 1. The number of nitrogens with one attached hydrogen (secondary N) is 1. The molecule has 1 N–H and O–H groups in total. The molecule has 5 heteroatoms. The van der Waals surface area contributed by atoms with Crippen molar-refractivity contribution in [1.29, 1.82) is 0 Å². The molecule has 1 aromatic rings. The molecule has 0 bridgehead atoms. The van der Waals surface area contributed by atoms with Gasteiger partial charge in [0.05, 0.1) is 13.2 Å². The van der Waals surface area contributed by atoms with Gasteiger partial charge in [-0.15, -0.1) is 11.3 Å². The van der Waals surface area contributed by atoms with Gasteiger partial charge in [0.2, 0.25) is 0 Å². The number of hydrogen-bond acceptors (Lipinski definition) is 5. The van der Waals surface area contributed by atoms with Gasteiger partial charge in [-0.2, -0.15) is 0 Å². The lowest BCUT2D eigenvalue weighted by Crippen LogP contribution is -2.20. The van der Waals surface area contributed by atoms with Crippen LogP contribution in [0.1, 0.15) is 30.8 Å². The lowest BCUT2D eigenvalue weighted by molar-refractivity contribution is -0.140. The molecule has 15 heavy (non-hydrogen) atoms. The molecule has 0 radical (unpaired) electrons. The van der Waals surface area contributed by atoms with Gasteiger partial charge in [0, 0.05) is 18.0 Å². The molecule has 0 spiro atoms. The number of hydrogen-bond donors (Lipinski definition) is 1. The van der Waals surface area contributed by atoms with E-state index in [0.717, 1.165) is 18.0 Å². The van der Waals surface area contributed by atoms with Crippen LogP contribution < -0.4 is 5.32 Å². The predicted octanol–water partition coefficient (Wildman–Crippen LogP) is 1.75. The maximum absolute atomic E-state index is 10.8. The van der Waals surface area contributed by atoms with E-state index < -0.39 is 0 Å². The second-order valence-electron chi connectivity index (χ2n) is 3.23. The highest BCUT2D eigenvalue weighted by atomic mass is 32.1. The van der Waals surface area contributed by atoms with Gasteiger partial charge in [0.1, 0.15) is 5.01 Å². The monoisotopic (exact) mass is 228 g/mol. The van der Waals surface area contributed by atoms with E-state index in [2.05, 4.69) is 22.0 Å². The van der Waals surface area contributed by atoms with E-state index in [1.807, 2.05) is 5.38 Å². The third-order valence-corrected chi connectivity index (χ3v) is 3.02. The van der Waals surface area contributed by atoms with Gasteiger partial charge in [-0.1, -0.05) is 0 Å². The molecule has 0 aromatic carbocycles. The molecule has 0 amide bonds. The van der Waals surface area contributed by atoms with E-state index >= 15 is 0 Å². The lowest BCUT2D eigenvalue weighted by Gasteiger charge is -2.10. The molecule has 1 heterocycles. The van der Waals surface area contributed by atoms with Gasteiger partial charge in [0.15, 0.2) is 0 Å². The fourth-order valence-corrected chi connectivity index (χ4v) is 1.86. The summed E-state index contributed by atoms with van der Waals surface area (Å²) in [5.74, 6) is -0.154. The Morgan fingerprint density at radius 2 is 2.53 bits per heavy atom. The number of carbonyl (C=O) groups is 1. The summed E-state index contributed by atoms with van der Waals surface area (Å²) in [4.78, 5) is 15.0. The zero-order valence-electron chi connectivity index (χ0n) is 9.03. The van der Waals surface area contributed by atoms with Crippen molar-refractivity contribution in [3.63, 3.8) is 0 Å². The Balaban J connectivity index is 2.13. The normalized spacial score (nSPS) is 12.4. The Morgan fingerprint density at radius 3 is 3.13 bits per heavy atom. The molecule has 84 valence electrons. The second-order valence-corrected chi connectivity index (χ2v) is 4.15. The molecule has 0 fully saturated rings. The quantitative estimate of drug-likeness (QED) is 0.595. The number of rotatable bonds is 6. The summed E-state index contributed by atoms with van der Waals surface area (Å²) in [6.45, 7) is 2.87. The molecule has 4 nitrogen and oxygen atoms in total. The third-order valence-electron chi connectivity index (χ3n) is 2.06. The van der Waals surface area contributed by atoms with Gasteiger partial charge in [-0.25, -0.2) is 4.98 Å². The lowest BCUT2D eigenvalue weighted by atomic mass is 10.3. The van der Waals surface area contributed by atoms with Crippen LogP contribution in [0, 0.1) is 0 Å². The van der Waals surface area contributed by atoms with Crippen molar-refractivity contribution < 1.29 is 9.53 Å². The molecule has 0 aliphatic rings. The van der Waals surface area contributed by atoms with E-state index in [0.29, 0.717) is 6.42 Å². The smallest absolute Gasteiger partial charge is 0.305 e. The van der Waals surface area contributed by atoms with E-state index in [9.17, 15) is 4.79 Å². The highest BCUT2D eigenvalue weighted by Crippen LogP contribution is 2.14. The molecule has 0 saturated heterocycles. The Bertz CT molecular complexity index is 288. The van der Waals surface area contributed by atoms with Crippen LogP contribution in [0.2, 0.25) is 0 Å². The van der Waals surface area contributed by atoms with Crippen molar-refractivity contribution in [2.24, 2.45) is 0 Å². The van der Waals surface area contributed by atoms with Crippen LogP contribution in [-0.4, -0.2) is 24.6 Å². The van der Waals surface area contributed by atoms with Gasteiger partial charge >= 0.3 is 5.97 Å². The first-order chi connectivity index (χ1) is 7.24. The summed E-state index contributed by atoms with van der Waals surface area (Å²) in [5, 5.41) is 6.34. The molecule has 0 saturated carbocycles. The summed E-state index contributed by atoms with van der Waals surface area (Å²) in [6.07, 6.45) is 3.06. The van der Waals surface area contributed by atoms with Crippen molar-refractivity contribution in [3.8, 4) is 0 Å². The topological polar surface area (TPSA) is 51.2 Å². The first kappa shape index (κ1) is 12.1. The van der Waals surface area contributed by atoms with Gasteiger partial charge in [-0.05, 0) is 19.9 Å². The van der Waals surface area contributed by atoms with Gasteiger partial charge < -0.3 is 10.1 Å². The van der Waals surface area contributed by atoms with Crippen molar-refractivity contribution in [2.45, 2.75) is 25.8 Å². The highest BCUT2D eigenvalue weighted by Gasteiger charge is 2.06. The van der Waals surface area contributed by atoms with Crippen molar-refractivity contribution >= 4 is 17.3 Å². The number of ether oxygens (including phenoxy) is 1. The molecular formula is C10H16N2O2S. The Kier molecular flexibility index (Phi) is 5.28. The maximum atomic E-state index is 10.8. The molecule has 0 aliphatic heterocycles. The summed E-state index contributed by atoms with van der Waals surface area (Å²) >= 11 is 1.63. The van der Waals surface area contributed by atoms with Crippen LogP contribution in [0.15, 0.2) is 11.6 Å².